The second-order valence-corrected chi connectivity index (χ2v) is 7.73. The van der Waals surface area contributed by atoms with Crippen molar-refractivity contribution in [1.82, 2.24) is 14.6 Å². The summed E-state index contributed by atoms with van der Waals surface area (Å²) in [5, 5.41) is 7.82. The molecule has 36 heavy (non-hydrogen) atoms. The number of para-hydroxylation sites is 1. The highest BCUT2D eigenvalue weighted by Crippen LogP contribution is 2.35. The summed E-state index contributed by atoms with van der Waals surface area (Å²) in [4.78, 5) is 4.81. The topological polar surface area (TPSA) is 69.9 Å². The zero-order valence-corrected chi connectivity index (χ0v) is 21.1. The monoisotopic (exact) mass is 484 g/mol. The van der Waals surface area contributed by atoms with Crippen LogP contribution in [-0.2, 0) is 0 Å². The molecule has 2 aromatic heterocycles. The number of rotatable bonds is 7. The van der Waals surface area contributed by atoms with Gasteiger partial charge in [-0.3, -0.25) is 0 Å². The van der Waals surface area contributed by atoms with Crippen molar-refractivity contribution >= 4 is 17.2 Å². The van der Waals surface area contributed by atoms with E-state index in [2.05, 4.69) is 10.4 Å². The lowest BCUT2D eigenvalue weighted by molar-refractivity contribution is 0.353. The Morgan fingerprint density at radius 1 is 0.861 bits per heavy atom. The maximum absolute atomic E-state index is 5.90. The van der Waals surface area contributed by atoms with Crippen LogP contribution in [0.15, 0.2) is 85.2 Å². The summed E-state index contributed by atoms with van der Waals surface area (Å²) in [6.45, 7) is 5.98. The molecule has 5 aromatic rings. The first-order valence-corrected chi connectivity index (χ1v) is 11.8. The average Bonchev–Trinajstić information content (AvgIpc) is 3.34. The molecule has 7 nitrogen and oxygen atoms in total. The lowest BCUT2D eigenvalue weighted by Gasteiger charge is -2.14. The Bertz CT molecular complexity index is 1440. The molecule has 186 valence electrons. The number of ether oxygens (including phenoxy) is 3. The average molecular weight is 485 g/mol. The summed E-state index contributed by atoms with van der Waals surface area (Å²) < 4.78 is 18.6. The fraction of sp³-hybridized carbons (Fsp3) is 0.172. The molecular formula is C29H32N4O3. The highest BCUT2D eigenvalue weighted by Gasteiger charge is 2.12. The summed E-state index contributed by atoms with van der Waals surface area (Å²) in [6.07, 6.45) is 3.70. The van der Waals surface area contributed by atoms with Crippen molar-refractivity contribution in [3.63, 3.8) is 0 Å². The van der Waals surface area contributed by atoms with Crippen LogP contribution in [0.1, 0.15) is 20.8 Å². The maximum atomic E-state index is 5.90. The molecule has 0 aliphatic heterocycles. The molecule has 0 unspecified atom stereocenters. The van der Waals surface area contributed by atoms with E-state index in [1.165, 1.54) is 0 Å². The number of hydrogen-bond donors (Lipinski definition) is 1. The Morgan fingerprint density at radius 2 is 1.58 bits per heavy atom. The van der Waals surface area contributed by atoms with Crippen molar-refractivity contribution in [2.24, 2.45) is 0 Å². The van der Waals surface area contributed by atoms with Crippen LogP contribution in [0, 0.1) is 6.92 Å². The third-order valence-electron chi connectivity index (χ3n) is 5.45. The number of hydrogen-bond acceptors (Lipinski definition) is 6. The van der Waals surface area contributed by atoms with Crippen LogP contribution >= 0.6 is 0 Å². The molecule has 1 N–H and O–H groups in total. The molecular weight excluding hydrogens is 452 g/mol. The molecule has 5 rings (SSSR count). The molecule has 0 aliphatic rings. The highest BCUT2D eigenvalue weighted by molar-refractivity contribution is 5.78. The van der Waals surface area contributed by atoms with Gasteiger partial charge in [-0.2, -0.15) is 5.10 Å². The lowest BCUT2D eigenvalue weighted by Crippen LogP contribution is -1.99. The van der Waals surface area contributed by atoms with Gasteiger partial charge in [0.2, 0.25) is 0 Å². The Hall–Kier alpha value is -4.52. The van der Waals surface area contributed by atoms with Gasteiger partial charge in [-0.15, -0.1) is 0 Å². The van der Waals surface area contributed by atoms with Crippen molar-refractivity contribution in [2.45, 2.75) is 20.8 Å². The first kappa shape index (κ1) is 24.6. The number of fused-ring (bicyclic) bond motifs is 1. The molecule has 2 heterocycles. The predicted molar refractivity (Wildman–Crippen MR) is 146 cm³/mol. The van der Waals surface area contributed by atoms with Gasteiger partial charge in [0.15, 0.2) is 17.1 Å². The molecule has 0 saturated carbocycles. The minimum absolute atomic E-state index is 0. The van der Waals surface area contributed by atoms with Crippen LogP contribution in [0.4, 0.5) is 11.5 Å². The van der Waals surface area contributed by atoms with Gasteiger partial charge in [0.05, 0.1) is 20.4 Å². The zero-order valence-electron chi connectivity index (χ0n) is 21.1. The van der Waals surface area contributed by atoms with E-state index >= 15 is 0 Å². The van der Waals surface area contributed by atoms with Gasteiger partial charge in [-0.1, -0.05) is 44.2 Å². The molecule has 0 fully saturated rings. The van der Waals surface area contributed by atoms with Crippen molar-refractivity contribution in [2.75, 3.05) is 19.5 Å². The van der Waals surface area contributed by atoms with Crippen molar-refractivity contribution in [1.29, 1.82) is 0 Å². The van der Waals surface area contributed by atoms with E-state index in [1.54, 1.807) is 18.7 Å². The summed E-state index contributed by atoms with van der Waals surface area (Å²) in [6, 6.07) is 23.4. The number of benzene rings is 3. The van der Waals surface area contributed by atoms with E-state index in [0.29, 0.717) is 17.3 Å². The quantitative estimate of drug-likeness (QED) is 0.257. The van der Waals surface area contributed by atoms with E-state index in [9.17, 15) is 0 Å². The fourth-order valence-electron chi connectivity index (χ4n) is 3.84. The molecule has 3 aromatic carbocycles. The van der Waals surface area contributed by atoms with Crippen LogP contribution < -0.4 is 19.5 Å². The minimum Gasteiger partial charge on any atom is -0.493 e. The maximum Gasteiger partial charge on any atom is 0.165 e. The van der Waals surface area contributed by atoms with Crippen molar-refractivity contribution in [3.8, 4) is 34.1 Å². The Kier molecular flexibility index (Phi) is 7.70. The SMILES string of the molecule is CC.COc1cc(Nc2ccn3ncc(-c4ccc(Oc5ccccc5)cc4)c3n2)cc(C)c1OC.[HH]. The van der Waals surface area contributed by atoms with E-state index < -0.39 is 0 Å². The number of aryl methyl sites for hydroxylation is 1. The fourth-order valence-corrected chi connectivity index (χ4v) is 3.84. The van der Waals surface area contributed by atoms with Crippen LogP contribution in [0.5, 0.6) is 23.0 Å². The van der Waals surface area contributed by atoms with E-state index in [4.69, 9.17) is 19.2 Å². The largest absolute Gasteiger partial charge is 0.493 e. The minimum atomic E-state index is 0. The van der Waals surface area contributed by atoms with Crippen molar-refractivity contribution in [3.05, 3.63) is 90.8 Å². The van der Waals surface area contributed by atoms with E-state index in [0.717, 1.165) is 39.5 Å². The van der Waals surface area contributed by atoms with Gasteiger partial charge in [-0.25, -0.2) is 9.50 Å². The molecule has 7 heteroatoms. The number of nitrogens with one attached hydrogen (secondary N) is 1. The summed E-state index contributed by atoms with van der Waals surface area (Å²) in [7, 11) is 3.26. The second-order valence-electron chi connectivity index (χ2n) is 7.73. The lowest BCUT2D eigenvalue weighted by atomic mass is 10.1. The van der Waals surface area contributed by atoms with E-state index in [1.807, 2.05) is 106 Å². The van der Waals surface area contributed by atoms with Gasteiger partial charge in [0.1, 0.15) is 17.3 Å². The third kappa shape index (κ3) is 5.25. The van der Waals surface area contributed by atoms with Crippen LogP contribution in [0.2, 0.25) is 0 Å². The number of methoxy groups -OCH3 is 2. The third-order valence-corrected chi connectivity index (χ3v) is 5.45. The van der Waals surface area contributed by atoms with Crippen LogP contribution in [0.3, 0.4) is 0 Å². The van der Waals surface area contributed by atoms with E-state index in [-0.39, 0.29) is 1.43 Å². The van der Waals surface area contributed by atoms with Gasteiger partial charge < -0.3 is 19.5 Å². The summed E-state index contributed by atoms with van der Waals surface area (Å²) in [5.41, 5.74) is 4.50. The second kappa shape index (κ2) is 11.3. The summed E-state index contributed by atoms with van der Waals surface area (Å²) in [5.74, 6) is 3.65. The summed E-state index contributed by atoms with van der Waals surface area (Å²) >= 11 is 0. The van der Waals surface area contributed by atoms with Gasteiger partial charge >= 0.3 is 0 Å². The molecule has 0 aliphatic carbocycles. The predicted octanol–water partition coefficient (Wildman–Crippen LogP) is 7.53. The first-order chi connectivity index (χ1) is 17.6. The Balaban J connectivity index is 0.00000124. The van der Waals surface area contributed by atoms with Gasteiger partial charge in [-0.05, 0) is 54.4 Å². The zero-order chi connectivity index (χ0) is 25.5. The molecule has 0 amide bonds. The highest BCUT2D eigenvalue weighted by atomic mass is 16.5. The van der Waals surface area contributed by atoms with Gasteiger partial charge in [0.25, 0.3) is 0 Å². The van der Waals surface area contributed by atoms with Crippen LogP contribution in [-0.4, -0.2) is 28.8 Å². The molecule has 0 saturated heterocycles. The molecule has 0 bridgehead atoms. The van der Waals surface area contributed by atoms with Crippen molar-refractivity contribution < 1.29 is 15.6 Å². The number of anilines is 2. The Labute approximate surface area is 212 Å². The normalized spacial score (nSPS) is 10.4. The van der Waals surface area contributed by atoms with Gasteiger partial charge in [0, 0.05) is 24.9 Å². The molecule has 0 radical (unpaired) electrons. The molecule has 0 spiro atoms. The molecule has 0 atom stereocenters. The Morgan fingerprint density at radius 3 is 2.28 bits per heavy atom. The van der Waals surface area contributed by atoms with Crippen LogP contribution in [0.25, 0.3) is 16.8 Å². The number of nitrogens with zero attached hydrogens (tertiary/aromatic N) is 3. The standard InChI is InChI=1S/C27H24N4O3.C2H6.H2/c1-18-15-20(16-24(32-2)26(18)33-3)29-25-13-14-31-27(30-25)23(17-28-31)19-9-11-22(12-10-19)34-21-7-5-4-6-8-21;1-2;/h4-17H,1-3H3,(H,29,30);1-2H3;1H. The first-order valence-electron chi connectivity index (χ1n) is 11.8. The number of aromatic nitrogens is 3. The smallest absolute Gasteiger partial charge is 0.165 e.